The molecule has 5 nitrogen and oxygen atoms in total. The molecule has 0 amide bonds. The average Bonchev–Trinajstić information content (AvgIpc) is 3.24. The molecule has 1 aliphatic heterocycles. The van der Waals surface area contributed by atoms with Gasteiger partial charge in [0.15, 0.2) is 5.79 Å². The van der Waals surface area contributed by atoms with Gasteiger partial charge in [-0.3, -0.25) is 4.79 Å². The van der Waals surface area contributed by atoms with E-state index in [1.807, 2.05) is 0 Å². The molecular formula is C23H36O5. The fourth-order valence-corrected chi connectivity index (χ4v) is 7.26. The molecule has 7 atom stereocenters. The standard InChI is InChI=1S/C23H36O5/c1-15-5-8-21(3,17(13-15)14-24)18-6-9-22(4)19(20(18)28-16(2)25)7-10-23(22)26-11-12-27-23/h14-15,17-20H,5-13H2,1-4H3/t15-,17+,18?,19?,20?,21-,22-/m0/s1. The van der Waals surface area contributed by atoms with Crippen molar-refractivity contribution in [2.24, 2.45) is 34.5 Å². The summed E-state index contributed by atoms with van der Waals surface area (Å²) >= 11 is 0. The monoisotopic (exact) mass is 392 g/mol. The Bertz CT molecular complexity index is 626. The van der Waals surface area contributed by atoms with Crippen LogP contribution in [0.15, 0.2) is 0 Å². The lowest BCUT2D eigenvalue weighted by Gasteiger charge is -2.56. The summed E-state index contributed by atoms with van der Waals surface area (Å²) in [6.45, 7) is 9.59. The molecule has 3 aliphatic carbocycles. The van der Waals surface area contributed by atoms with Gasteiger partial charge in [-0.05, 0) is 43.4 Å². The molecule has 3 saturated carbocycles. The summed E-state index contributed by atoms with van der Waals surface area (Å²) in [6, 6.07) is 0. The quantitative estimate of drug-likeness (QED) is 0.534. The lowest BCUT2D eigenvalue weighted by molar-refractivity contribution is -0.252. The Balaban J connectivity index is 1.68. The van der Waals surface area contributed by atoms with E-state index in [4.69, 9.17) is 14.2 Å². The topological polar surface area (TPSA) is 61.8 Å². The number of aldehydes is 1. The van der Waals surface area contributed by atoms with Crippen LogP contribution < -0.4 is 0 Å². The van der Waals surface area contributed by atoms with Crippen molar-refractivity contribution in [2.45, 2.75) is 84.5 Å². The van der Waals surface area contributed by atoms with Crippen molar-refractivity contribution >= 4 is 12.3 Å². The van der Waals surface area contributed by atoms with Gasteiger partial charge >= 0.3 is 5.97 Å². The van der Waals surface area contributed by atoms with Gasteiger partial charge in [-0.2, -0.15) is 0 Å². The third-order valence-electron chi connectivity index (χ3n) is 8.99. The number of esters is 1. The highest BCUT2D eigenvalue weighted by atomic mass is 16.7. The van der Waals surface area contributed by atoms with E-state index in [0.29, 0.717) is 19.1 Å². The van der Waals surface area contributed by atoms with Crippen LogP contribution in [0.25, 0.3) is 0 Å². The van der Waals surface area contributed by atoms with Gasteiger partial charge in [-0.1, -0.05) is 27.2 Å². The predicted octanol–water partition coefficient (Wildman–Crippen LogP) is 4.13. The van der Waals surface area contributed by atoms with Crippen molar-refractivity contribution < 1.29 is 23.8 Å². The van der Waals surface area contributed by atoms with E-state index in [1.54, 1.807) is 0 Å². The SMILES string of the molecule is CC(=O)OC1C2CCC3(OCCO3)[C@@]2(C)CCC1[C@@]1(C)CC[C@H](C)C[C@@H]1C=O. The molecule has 1 saturated heterocycles. The second-order valence-corrected chi connectivity index (χ2v) is 10.4. The molecule has 4 aliphatic rings. The smallest absolute Gasteiger partial charge is 0.302 e. The van der Waals surface area contributed by atoms with Crippen LogP contribution in [-0.4, -0.2) is 37.4 Å². The van der Waals surface area contributed by atoms with Gasteiger partial charge in [0.25, 0.3) is 0 Å². The molecule has 0 N–H and O–H groups in total. The first kappa shape index (κ1) is 20.3. The average molecular weight is 393 g/mol. The summed E-state index contributed by atoms with van der Waals surface area (Å²) in [5.74, 6) is 0.319. The minimum atomic E-state index is -0.521. The number of hydrogen-bond donors (Lipinski definition) is 0. The first-order chi connectivity index (χ1) is 13.3. The Kier molecular flexibility index (Phi) is 5.15. The maximum Gasteiger partial charge on any atom is 0.302 e. The largest absolute Gasteiger partial charge is 0.462 e. The fourth-order valence-electron chi connectivity index (χ4n) is 7.26. The molecule has 0 bridgehead atoms. The molecule has 4 rings (SSSR count). The molecule has 4 fully saturated rings. The summed E-state index contributed by atoms with van der Waals surface area (Å²) in [4.78, 5) is 24.1. The number of fused-ring (bicyclic) bond motifs is 2. The molecule has 0 aromatic rings. The molecule has 5 heteroatoms. The van der Waals surface area contributed by atoms with E-state index in [0.717, 1.165) is 44.9 Å². The van der Waals surface area contributed by atoms with Crippen molar-refractivity contribution in [3.05, 3.63) is 0 Å². The van der Waals surface area contributed by atoms with E-state index in [9.17, 15) is 9.59 Å². The highest BCUT2D eigenvalue weighted by Crippen LogP contribution is 2.65. The summed E-state index contributed by atoms with van der Waals surface area (Å²) in [7, 11) is 0. The van der Waals surface area contributed by atoms with Crippen molar-refractivity contribution in [1.29, 1.82) is 0 Å². The summed E-state index contributed by atoms with van der Waals surface area (Å²) < 4.78 is 18.4. The maximum absolute atomic E-state index is 12.1. The summed E-state index contributed by atoms with van der Waals surface area (Å²) in [5.41, 5.74) is -0.252. The van der Waals surface area contributed by atoms with Crippen LogP contribution in [0.4, 0.5) is 0 Å². The molecule has 3 unspecified atom stereocenters. The molecule has 0 aromatic carbocycles. The van der Waals surface area contributed by atoms with Crippen molar-refractivity contribution in [1.82, 2.24) is 0 Å². The number of rotatable bonds is 3. The van der Waals surface area contributed by atoms with Gasteiger partial charge in [0.2, 0.25) is 0 Å². The van der Waals surface area contributed by atoms with Gasteiger partial charge in [0, 0.05) is 36.5 Å². The number of carbonyl (C=O) groups is 2. The second-order valence-electron chi connectivity index (χ2n) is 10.4. The predicted molar refractivity (Wildman–Crippen MR) is 104 cm³/mol. The maximum atomic E-state index is 12.1. The highest BCUT2D eigenvalue weighted by molar-refractivity contribution is 5.66. The molecular weight excluding hydrogens is 356 g/mol. The fraction of sp³-hybridized carbons (Fsp3) is 0.913. The lowest BCUT2D eigenvalue weighted by Crippen LogP contribution is -2.58. The van der Waals surface area contributed by atoms with Crippen LogP contribution in [0.3, 0.4) is 0 Å². The van der Waals surface area contributed by atoms with E-state index >= 15 is 0 Å². The third-order valence-corrected chi connectivity index (χ3v) is 8.99. The molecule has 1 spiro atoms. The zero-order valence-electron chi connectivity index (χ0n) is 17.9. The zero-order chi connectivity index (χ0) is 20.2. The van der Waals surface area contributed by atoms with Crippen LogP contribution in [0.5, 0.6) is 0 Å². The Labute approximate surface area is 168 Å². The van der Waals surface area contributed by atoms with Gasteiger partial charge in [-0.15, -0.1) is 0 Å². The van der Waals surface area contributed by atoms with Gasteiger partial charge in [-0.25, -0.2) is 0 Å². The van der Waals surface area contributed by atoms with Crippen LogP contribution in [-0.2, 0) is 23.8 Å². The first-order valence-electron chi connectivity index (χ1n) is 11.2. The normalized spacial score (nSPS) is 47.6. The number of ether oxygens (including phenoxy) is 3. The van der Waals surface area contributed by atoms with Crippen LogP contribution in [0, 0.1) is 34.5 Å². The molecule has 0 aromatic heterocycles. The van der Waals surface area contributed by atoms with Crippen molar-refractivity contribution in [2.75, 3.05) is 13.2 Å². The van der Waals surface area contributed by atoms with E-state index in [-0.39, 0.29) is 40.7 Å². The van der Waals surface area contributed by atoms with E-state index in [2.05, 4.69) is 20.8 Å². The van der Waals surface area contributed by atoms with Crippen molar-refractivity contribution in [3.8, 4) is 0 Å². The third kappa shape index (κ3) is 2.87. The Morgan fingerprint density at radius 2 is 1.71 bits per heavy atom. The Morgan fingerprint density at radius 1 is 1.04 bits per heavy atom. The van der Waals surface area contributed by atoms with Crippen LogP contribution >= 0.6 is 0 Å². The molecule has 1 heterocycles. The van der Waals surface area contributed by atoms with Gasteiger partial charge < -0.3 is 19.0 Å². The first-order valence-corrected chi connectivity index (χ1v) is 11.2. The Hall–Kier alpha value is -0.940. The van der Waals surface area contributed by atoms with E-state index < -0.39 is 5.79 Å². The summed E-state index contributed by atoms with van der Waals surface area (Å²) in [6.07, 6.45) is 7.89. The summed E-state index contributed by atoms with van der Waals surface area (Å²) in [5, 5.41) is 0. The second kappa shape index (κ2) is 7.09. The minimum Gasteiger partial charge on any atom is -0.462 e. The van der Waals surface area contributed by atoms with E-state index in [1.165, 1.54) is 13.2 Å². The molecule has 28 heavy (non-hydrogen) atoms. The minimum absolute atomic E-state index is 0.0398. The molecule has 158 valence electrons. The zero-order valence-corrected chi connectivity index (χ0v) is 17.9. The number of carbonyl (C=O) groups excluding carboxylic acids is 2. The van der Waals surface area contributed by atoms with Crippen LogP contribution in [0.1, 0.15) is 72.6 Å². The van der Waals surface area contributed by atoms with Gasteiger partial charge in [0.1, 0.15) is 12.4 Å². The Morgan fingerprint density at radius 3 is 2.36 bits per heavy atom. The van der Waals surface area contributed by atoms with Crippen LogP contribution in [0.2, 0.25) is 0 Å². The highest BCUT2D eigenvalue weighted by Gasteiger charge is 2.67. The molecule has 0 radical (unpaired) electrons. The van der Waals surface area contributed by atoms with Crippen molar-refractivity contribution in [3.63, 3.8) is 0 Å². The number of hydrogen-bond acceptors (Lipinski definition) is 5. The van der Waals surface area contributed by atoms with Gasteiger partial charge in [0.05, 0.1) is 13.2 Å². The lowest BCUT2D eigenvalue weighted by atomic mass is 9.51.